The second-order valence-electron chi connectivity index (χ2n) is 6.74. The van der Waals surface area contributed by atoms with Gasteiger partial charge in [0.1, 0.15) is 10.6 Å². The van der Waals surface area contributed by atoms with Gasteiger partial charge in [0.25, 0.3) is 10.0 Å². The smallest absolute Gasteiger partial charge is 0.265 e. The number of Topliss-reactive ketones (excluding diaryl/α,β-unsaturated/α-hetero) is 1. The number of nitrogens with one attached hydrogen (secondary N) is 1. The van der Waals surface area contributed by atoms with Gasteiger partial charge in [-0.25, -0.2) is 8.42 Å². The summed E-state index contributed by atoms with van der Waals surface area (Å²) in [6.45, 7) is 1.93. The molecule has 0 amide bonds. The average Bonchev–Trinajstić information content (AvgIpc) is 3.39. The van der Waals surface area contributed by atoms with Crippen molar-refractivity contribution in [2.45, 2.75) is 18.4 Å². The Labute approximate surface area is 178 Å². The van der Waals surface area contributed by atoms with Crippen LogP contribution >= 0.6 is 11.3 Å². The first-order valence-corrected chi connectivity index (χ1v) is 11.6. The van der Waals surface area contributed by atoms with Crippen LogP contribution < -0.4 is 4.72 Å². The van der Waals surface area contributed by atoms with E-state index in [0.717, 1.165) is 10.4 Å². The summed E-state index contributed by atoms with van der Waals surface area (Å²) in [5, 5.41) is 6.44. The van der Waals surface area contributed by atoms with Gasteiger partial charge >= 0.3 is 0 Å². The molecule has 6 nitrogen and oxygen atoms in total. The lowest BCUT2D eigenvalue weighted by Gasteiger charge is -2.08. The van der Waals surface area contributed by atoms with E-state index in [2.05, 4.69) is 9.82 Å². The molecule has 4 rings (SSSR count). The van der Waals surface area contributed by atoms with Crippen molar-refractivity contribution in [3.05, 3.63) is 89.4 Å². The maximum atomic E-state index is 13.2. The van der Waals surface area contributed by atoms with Crippen molar-refractivity contribution in [1.29, 1.82) is 0 Å². The van der Waals surface area contributed by atoms with Crippen LogP contribution in [-0.4, -0.2) is 24.0 Å². The zero-order valence-corrected chi connectivity index (χ0v) is 17.8. The number of benzene rings is 2. The number of ketones is 1. The molecular weight excluding hydrogens is 418 g/mol. The second kappa shape index (κ2) is 8.25. The van der Waals surface area contributed by atoms with Gasteiger partial charge in [-0.3, -0.25) is 14.2 Å². The molecule has 0 bridgehead atoms. The fourth-order valence-corrected chi connectivity index (χ4v) is 5.03. The Morgan fingerprint density at radius 3 is 2.40 bits per heavy atom. The van der Waals surface area contributed by atoms with E-state index in [4.69, 9.17) is 0 Å². The maximum absolute atomic E-state index is 13.2. The minimum atomic E-state index is -3.89. The van der Waals surface area contributed by atoms with E-state index < -0.39 is 10.0 Å². The number of anilines is 1. The van der Waals surface area contributed by atoms with Crippen LogP contribution in [0.2, 0.25) is 0 Å². The Morgan fingerprint density at radius 1 is 1.03 bits per heavy atom. The molecule has 2 heterocycles. The molecule has 0 aliphatic heterocycles. The molecule has 0 saturated heterocycles. The number of carbonyl (C=O) groups excluding carboxylic acids is 1. The summed E-state index contributed by atoms with van der Waals surface area (Å²) in [4.78, 5) is 12.3. The van der Waals surface area contributed by atoms with Gasteiger partial charge in [0.2, 0.25) is 0 Å². The van der Waals surface area contributed by atoms with Crippen molar-refractivity contribution >= 4 is 32.8 Å². The normalized spacial score (nSPS) is 11.4. The highest BCUT2D eigenvalue weighted by molar-refractivity contribution is 7.92. The number of thiophene rings is 1. The predicted molar refractivity (Wildman–Crippen MR) is 118 cm³/mol. The van der Waals surface area contributed by atoms with Crippen molar-refractivity contribution in [2.75, 3.05) is 4.72 Å². The lowest BCUT2D eigenvalue weighted by atomic mass is 10.1. The van der Waals surface area contributed by atoms with E-state index in [-0.39, 0.29) is 10.7 Å². The molecule has 30 heavy (non-hydrogen) atoms. The number of aromatic nitrogens is 2. The van der Waals surface area contributed by atoms with Crippen molar-refractivity contribution in [1.82, 2.24) is 9.78 Å². The number of hydrogen-bond acceptors (Lipinski definition) is 5. The standard InChI is InChI=1S/C22H19N3O3S2/c1-16(26)18-9-11-19(12-10-18)24-30(27,28)21-15-25(14-17-6-3-2-4-7-17)23-22(21)20-8-5-13-29-20/h2-13,15,24H,14H2,1H3. The summed E-state index contributed by atoms with van der Waals surface area (Å²) in [5.74, 6) is -0.0772. The van der Waals surface area contributed by atoms with Crippen molar-refractivity contribution in [3.8, 4) is 10.6 Å². The quantitative estimate of drug-likeness (QED) is 0.426. The molecule has 0 aliphatic carbocycles. The van der Waals surface area contributed by atoms with Gasteiger partial charge in [0, 0.05) is 17.4 Å². The average molecular weight is 438 g/mol. The molecule has 152 valence electrons. The van der Waals surface area contributed by atoms with Crippen LogP contribution in [0.25, 0.3) is 10.6 Å². The van der Waals surface area contributed by atoms with E-state index in [1.54, 1.807) is 35.1 Å². The van der Waals surface area contributed by atoms with E-state index in [1.807, 2.05) is 47.8 Å². The van der Waals surface area contributed by atoms with E-state index >= 15 is 0 Å². The Kier molecular flexibility index (Phi) is 5.52. The van der Waals surface area contributed by atoms with Crippen LogP contribution in [-0.2, 0) is 16.6 Å². The molecule has 0 radical (unpaired) electrons. The lowest BCUT2D eigenvalue weighted by molar-refractivity contribution is 0.101. The minimum Gasteiger partial charge on any atom is -0.295 e. The van der Waals surface area contributed by atoms with Gasteiger partial charge in [0.15, 0.2) is 5.78 Å². The zero-order chi connectivity index (χ0) is 21.1. The maximum Gasteiger partial charge on any atom is 0.265 e. The van der Waals surface area contributed by atoms with Crippen molar-refractivity contribution in [2.24, 2.45) is 0 Å². The Hall–Kier alpha value is -3.23. The highest BCUT2D eigenvalue weighted by Gasteiger charge is 2.24. The summed E-state index contributed by atoms with van der Waals surface area (Å²) in [7, 11) is -3.89. The van der Waals surface area contributed by atoms with Gasteiger partial charge in [-0.15, -0.1) is 11.3 Å². The third kappa shape index (κ3) is 4.34. The number of hydrogen-bond donors (Lipinski definition) is 1. The number of carbonyl (C=O) groups is 1. The fourth-order valence-electron chi connectivity index (χ4n) is 3.02. The Bertz CT molecular complexity index is 1260. The first kappa shape index (κ1) is 20.1. The SMILES string of the molecule is CC(=O)c1ccc(NS(=O)(=O)c2cn(Cc3ccccc3)nc2-c2cccs2)cc1. The molecular formula is C22H19N3O3S2. The van der Waals surface area contributed by atoms with Gasteiger partial charge in [-0.05, 0) is 48.2 Å². The molecule has 0 aliphatic rings. The van der Waals surface area contributed by atoms with Crippen molar-refractivity contribution in [3.63, 3.8) is 0 Å². The molecule has 0 atom stereocenters. The number of sulfonamides is 1. The lowest BCUT2D eigenvalue weighted by Crippen LogP contribution is -2.13. The largest absolute Gasteiger partial charge is 0.295 e. The van der Waals surface area contributed by atoms with Crippen LogP contribution in [0, 0.1) is 0 Å². The van der Waals surface area contributed by atoms with Crippen molar-refractivity contribution < 1.29 is 13.2 Å². The third-order valence-electron chi connectivity index (χ3n) is 4.50. The first-order valence-electron chi connectivity index (χ1n) is 9.21. The topological polar surface area (TPSA) is 81.1 Å². The van der Waals surface area contributed by atoms with Gasteiger partial charge in [-0.2, -0.15) is 5.10 Å². The van der Waals surface area contributed by atoms with Crippen LogP contribution in [0.4, 0.5) is 5.69 Å². The van der Waals surface area contributed by atoms with E-state index in [9.17, 15) is 13.2 Å². The molecule has 2 aromatic carbocycles. The highest BCUT2D eigenvalue weighted by Crippen LogP contribution is 2.31. The van der Waals surface area contributed by atoms with Crippen LogP contribution in [0.15, 0.2) is 83.2 Å². The van der Waals surface area contributed by atoms with Crippen LogP contribution in [0.1, 0.15) is 22.8 Å². The summed E-state index contributed by atoms with van der Waals surface area (Å²) in [5.41, 5.74) is 2.34. The molecule has 2 aromatic heterocycles. The molecule has 1 N–H and O–H groups in total. The van der Waals surface area contributed by atoms with Gasteiger partial charge in [0.05, 0.1) is 11.4 Å². The van der Waals surface area contributed by atoms with E-state index in [0.29, 0.717) is 23.5 Å². The summed E-state index contributed by atoms with van der Waals surface area (Å²) < 4.78 is 30.6. The monoisotopic (exact) mass is 437 g/mol. The van der Waals surface area contributed by atoms with Crippen LogP contribution in [0.3, 0.4) is 0 Å². The minimum absolute atomic E-state index is 0.0772. The molecule has 0 saturated carbocycles. The Morgan fingerprint density at radius 2 is 1.77 bits per heavy atom. The summed E-state index contributed by atoms with van der Waals surface area (Å²) >= 11 is 1.43. The van der Waals surface area contributed by atoms with E-state index in [1.165, 1.54) is 18.3 Å². The molecule has 0 unspecified atom stereocenters. The number of rotatable bonds is 7. The fraction of sp³-hybridized carbons (Fsp3) is 0.0909. The van der Waals surface area contributed by atoms with Crippen LogP contribution in [0.5, 0.6) is 0 Å². The predicted octanol–water partition coefficient (Wildman–Crippen LogP) is 4.66. The third-order valence-corrected chi connectivity index (χ3v) is 6.76. The van der Waals surface area contributed by atoms with Gasteiger partial charge in [-0.1, -0.05) is 36.4 Å². The second-order valence-corrected chi connectivity index (χ2v) is 9.34. The summed E-state index contributed by atoms with van der Waals surface area (Å²) in [6, 6.07) is 19.8. The molecule has 4 aromatic rings. The highest BCUT2D eigenvalue weighted by atomic mass is 32.2. The molecule has 0 spiro atoms. The number of nitrogens with zero attached hydrogens (tertiary/aromatic N) is 2. The zero-order valence-electron chi connectivity index (χ0n) is 16.1. The molecule has 8 heteroatoms. The Balaban J connectivity index is 1.69. The van der Waals surface area contributed by atoms with Gasteiger partial charge < -0.3 is 0 Å². The first-order chi connectivity index (χ1) is 14.4. The molecule has 0 fully saturated rings. The summed E-state index contributed by atoms with van der Waals surface area (Å²) in [6.07, 6.45) is 1.55.